The molecule has 1 atom stereocenters. The molecule has 1 N–H and O–H groups in total. The predicted octanol–water partition coefficient (Wildman–Crippen LogP) is 4.01. The minimum Gasteiger partial charge on any atom is -0.375 e. The summed E-state index contributed by atoms with van der Waals surface area (Å²) in [5, 5.41) is 3.09. The zero-order valence-corrected chi connectivity index (χ0v) is 15.0. The quantitative estimate of drug-likeness (QED) is 0.627. The van der Waals surface area contributed by atoms with Crippen LogP contribution in [0.4, 0.5) is 0 Å². The fourth-order valence-corrected chi connectivity index (χ4v) is 2.56. The van der Waals surface area contributed by atoms with Gasteiger partial charge in [0.25, 0.3) is 0 Å². The Hall–Kier alpha value is -0.220. The van der Waals surface area contributed by atoms with Crippen LogP contribution >= 0.6 is 11.8 Å². The first-order chi connectivity index (χ1) is 9.28. The first-order valence-electron chi connectivity index (χ1n) is 7.81. The van der Waals surface area contributed by atoms with E-state index in [1.807, 2.05) is 0 Å². The van der Waals surface area contributed by atoms with Crippen molar-refractivity contribution in [1.29, 1.82) is 0 Å². The fourth-order valence-electron chi connectivity index (χ4n) is 2.10. The molecule has 0 rings (SSSR count). The van der Waals surface area contributed by atoms with Gasteiger partial charge < -0.3 is 10.1 Å². The summed E-state index contributed by atoms with van der Waals surface area (Å²) in [6, 6.07) is 0. The largest absolute Gasteiger partial charge is 0.375 e. The molecule has 0 aliphatic carbocycles. The Bertz CT molecular complexity index is 282. The van der Waals surface area contributed by atoms with Gasteiger partial charge in [-0.3, -0.25) is 4.79 Å². The van der Waals surface area contributed by atoms with Crippen LogP contribution in [0.25, 0.3) is 0 Å². The van der Waals surface area contributed by atoms with E-state index in [1.54, 1.807) is 11.8 Å². The van der Waals surface area contributed by atoms with Gasteiger partial charge in [-0.15, -0.1) is 0 Å². The van der Waals surface area contributed by atoms with E-state index in [-0.39, 0.29) is 17.0 Å². The van der Waals surface area contributed by atoms with E-state index in [2.05, 4.69) is 46.9 Å². The van der Waals surface area contributed by atoms with Gasteiger partial charge in [-0.1, -0.05) is 27.2 Å². The molecular weight excluding hydrogens is 270 g/mol. The number of hydrogen-bond acceptors (Lipinski definition) is 3. The van der Waals surface area contributed by atoms with Gasteiger partial charge >= 0.3 is 0 Å². The van der Waals surface area contributed by atoms with Gasteiger partial charge in [0.1, 0.15) is 0 Å². The number of ether oxygens (including phenoxy) is 1. The Morgan fingerprint density at radius 2 is 1.80 bits per heavy atom. The van der Waals surface area contributed by atoms with E-state index in [9.17, 15) is 4.79 Å². The highest BCUT2D eigenvalue weighted by Gasteiger charge is 2.25. The zero-order chi connectivity index (χ0) is 15.6. The third kappa shape index (κ3) is 8.85. The van der Waals surface area contributed by atoms with E-state index in [0.29, 0.717) is 12.4 Å². The number of carbonyl (C=O) groups is 1. The highest BCUT2D eigenvalue weighted by molar-refractivity contribution is 7.99. The molecule has 0 aromatic carbocycles. The average Bonchev–Trinajstić information content (AvgIpc) is 2.35. The highest BCUT2D eigenvalue weighted by atomic mass is 32.2. The molecule has 0 aliphatic rings. The molecule has 0 fully saturated rings. The summed E-state index contributed by atoms with van der Waals surface area (Å²) >= 11 is 1.65. The van der Waals surface area contributed by atoms with Crippen LogP contribution < -0.4 is 5.32 Å². The average molecular weight is 304 g/mol. The van der Waals surface area contributed by atoms with Crippen LogP contribution in [0.15, 0.2) is 0 Å². The predicted molar refractivity (Wildman–Crippen MR) is 89.4 cm³/mol. The Morgan fingerprint density at radius 1 is 1.15 bits per heavy atom. The van der Waals surface area contributed by atoms with Crippen molar-refractivity contribution in [2.24, 2.45) is 0 Å². The van der Waals surface area contributed by atoms with Gasteiger partial charge in [-0.05, 0) is 45.8 Å². The lowest BCUT2D eigenvalue weighted by molar-refractivity contribution is -0.120. The molecule has 0 radical (unpaired) electrons. The zero-order valence-electron chi connectivity index (χ0n) is 14.2. The van der Waals surface area contributed by atoms with Crippen molar-refractivity contribution in [3.05, 3.63) is 0 Å². The molecule has 0 aromatic heterocycles. The molecule has 0 saturated heterocycles. The molecule has 20 heavy (non-hydrogen) atoms. The number of hydrogen-bond donors (Lipinski definition) is 1. The normalized spacial score (nSPS) is 14.9. The number of thioether (sulfide) groups is 1. The van der Waals surface area contributed by atoms with Crippen LogP contribution in [0.3, 0.4) is 0 Å². The van der Waals surface area contributed by atoms with Gasteiger partial charge in [0.15, 0.2) is 0 Å². The van der Waals surface area contributed by atoms with E-state index in [0.717, 1.165) is 31.4 Å². The second-order valence-electron chi connectivity index (χ2n) is 6.22. The van der Waals surface area contributed by atoms with Crippen LogP contribution in [0.1, 0.15) is 67.2 Å². The Kier molecular flexibility index (Phi) is 9.56. The molecule has 3 nitrogen and oxygen atoms in total. The molecule has 0 aliphatic heterocycles. The van der Waals surface area contributed by atoms with Crippen LogP contribution in [-0.4, -0.2) is 35.2 Å². The van der Waals surface area contributed by atoms with Crippen molar-refractivity contribution in [2.75, 3.05) is 18.1 Å². The summed E-state index contributed by atoms with van der Waals surface area (Å²) in [6.45, 7) is 13.4. The third-order valence-electron chi connectivity index (χ3n) is 3.62. The molecule has 4 heteroatoms. The van der Waals surface area contributed by atoms with Crippen LogP contribution in [-0.2, 0) is 9.53 Å². The lowest BCUT2D eigenvalue weighted by Crippen LogP contribution is -2.45. The van der Waals surface area contributed by atoms with Crippen molar-refractivity contribution in [3.63, 3.8) is 0 Å². The highest BCUT2D eigenvalue weighted by Crippen LogP contribution is 2.23. The molecular formula is C16H33NO2S. The molecule has 120 valence electrons. The van der Waals surface area contributed by atoms with E-state index in [1.165, 1.54) is 0 Å². The molecule has 0 spiro atoms. The maximum atomic E-state index is 11.8. The maximum Gasteiger partial charge on any atom is 0.230 e. The van der Waals surface area contributed by atoms with Gasteiger partial charge in [0.05, 0.1) is 11.4 Å². The summed E-state index contributed by atoms with van der Waals surface area (Å²) in [7, 11) is 0. The summed E-state index contributed by atoms with van der Waals surface area (Å²) < 4.78 is 6.06. The first-order valence-corrected chi connectivity index (χ1v) is 8.96. The molecule has 0 saturated carbocycles. The Balaban J connectivity index is 4.11. The number of rotatable bonds is 11. The second-order valence-corrected chi connectivity index (χ2v) is 7.50. The fraction of sp³-hybridized carbons (Fsp3) is 0.938. The van der Waals surface area contributed by atoms with E-state index in [4.69, 9.17) is 4.74 Å². The lowest BCUT2D eigenvalue weighted by atomic mass is 9.96. The minimum absolute atomic E-state index is 0.0209. The third-order valence-corrected chi connectivity index (χ3v) is 4.49. The first kappa shape index (κ1) is 19.8. The minimum atomic E-state index is -0.202. The summed E-state index contributed by atoms with van der Waals surface area (Å²) in [6.07, 6.45) is 4.09. The summed E-state index contributed by atoms with van der Waals surface area (Å²) in [5.74, 6) is 1.64. The Labute approximate surface area is 129 Å². The van der Waals surface area contributed by atoms with Gasteiger partial charge in [-0.2, -0.15) is 11.8 Å². The van der Waals surface area contributed by atoms with Crippen LogP contribution in [0, 0.1) is 0 Å². The van der Waals surface area contributed by atoms with Crippen molar-refractivity contribution in [3.8, 4) is 0 Å². The van der Waals surface area contributed by atoms with Gasteiger partial charge in [0.2, 0.25) is 5.91 Å². The summed E-state index contributed by atoms with van der Waals surface area (Å²) in [4.78, 5) is 11.8. The summed E-state index contributed by atoms with van der Waals surface area (Å²) in [5.41, 5.74) is -0.223. The second kappa shape index (κ2) is 9.67. The van der Waals surface area contributed by atoms with Gasteiger partial charge in [0, 0.05) is 12.1 Å². The number of carbonyl (C=O) groups excluding carboxylic acids is 1. The molecule has 0 aromatic rings. The van der Waals surface area contributed by atoms with Crippen LogP contribution in [0.5, 0.6) is 0 Å². The van der Waals surface area contributed by atoms with Crippen molar-refractivity contribution in [2.45, 2.75) is 78.4 Å². The SMILES string of the molecule is CCCC(C)(CC)OCCC(C)(C)NC(=O)CSCC. The maximum absolute atomic E-state index is 11.8. The molecule has 1 amide bonds. The smallest absolute Gasteiger partial charge is 0.230 e. The topological polar surface area (TPSA) is 38.3 Å². The monoisotopic (exact) mass is 303 g/mol. The van der Waals surface area contributed by atoms with Crippen molar-refractivity contribution in [1.82, 2.24) is 5.32 Å². The van der Waals surface area contributed by atoms with E-state index >= 15 is 0 Å². The van der Waals surface area contributed by atoms with Crippen molar-refractivity contribution < 1.29 is 9.53 Å². The molecule has 0 bridgehead atoms. The number of amides is 1. The lowest BCUT2D eigenvalue weighted by Gasteiger charge is -2.32. The van der Waals surface area contributed by atoms with Crippen LogP contribution in [0.2, 0.25) is 0 Å². The van der Waals surface area contributed by atoms with E-state index < -0.39 is 0 Å². The standard InChI is InChI=1S/C16H33NO2S/c1-7-10-16(6,8-2)19-12-11-15(4,5)17-14(18)13-20-9-3/h7-13H2,1-6H3,(H,17,18). The van der Waals surface area contributed by atoms with Crippen molar-refractivity contribution >= 4 is 17.7 Å². The van der Waals surface area contributed by atoms with Gasteiger partial charge in [-0.25, -0.2) is 0 Å². The number of nitrogens with one attached hydrogen (secondary N) is 1. The Morgan fingerprint density at radius 3 is 2.30 bits per heavy atom. The molecule has 0 heterocycles. The molecule has 1 unspecified atom stereocenters.